The third-order valence-corrected chi connectivity index (χ3v) is 4.17. The van der Waals surface area contributed by atoms with Crippen molar-refractivity contribution in [2.45, 2.75) is 32.0 Å². The van der Waals surface area contributed by atoms with Crippen LogP contribution in [-0.4, -0.2) is 26.2 Å². The summed E-state index contributed by atoms with van der Waals surface area (Å²) in [5.74, 6) is 0.301. The van der Waals surface area contributed by atoms with Crippen molar-refractivity contribution < 1.29 is 9.13 Å². The first-order valence-corrected chi connectivity index (χ1v) is 7.03. The lowest BCUT2D eigenvalue weighted by atomic mass is 9.83. The number of rotatable bonds is 2. The number of nitrogens with one attached hydrogen (secondary N) is 2. The van der Waals surface area contributed by atoms with Gasteiger partial charge < -0.3 is 15.4 Å². The normalized spacial score (nSPS) is 29.3. The number of benzene rings is 1. The van der Waals surface area contributed by atoms with Crippen molar-refractivity contribution in [3.63, 3.8) is 0 Å². The Kier molecular flexibility index (Phi) is 3.46. The second-order valence-electron chi connectivity index (χ2n) is 5.67. The molecule has 1 aromatic rings. The monoisotopic (exact) mass is 264 g/mol. The molecule has 2 aliphatic rings. The van der Waals surface area contributed by atoms with Crippen molar-refractivity contribution >= 4 is 5.69 Å². The van der Waals surface area contributed by atoms with E-state index in [4.69, 9.17) is 4.74 Å². The highest BCUT2D eigenvalue weighted by atomic mass is 19.1. The number of aryl methyl sites for hydroxylation is 1. The maximum absolute atomic E-state index is 14.0. The highest BCUT2D eigenvalue weighted by Gasteiger charge is 2.37. The van der Waals surface area contributed by atoms with E-state index >= 15 is 0 Å². The fourth-order valence-corrected chi connectivity index (χ4v) is 3.27. The molecule has 0 aliphatic carbocycles. The van der Waals surface area contributed by atoms with E-state index < -0.39 is 0 Å². The summed E-state index contributed by atoms with van der Waals surface area (Å²) in [6, 6.07) is 3.64. The summed E-state index contributed by atoms with van der Waals surface area (Å²) in [7, 11) is 1.94. The third-order valence-electron chi connectivity index (χ3n) is 4.17. The van der Waals surface area contributed by atoms with Crippen LogP contribution in [0.4, 0.5) is 10.1 Å². The fraction of sp³-hybridized carbons (Fsp3) is 0.600. The molecule has 3 rings (SSSR count). The molecule has 3 nitrogen and oxygen atoms in total. The standard InChI is InChI=1S/C15H21FN2O/c1-9-5-12-14(13(16)6-9)18-7-10-3-4-11(8-17-2)19-15(10)12/h5-6,10-11,15,17-18H,3-4,7-8H2,1-2H3. The molecule has 0 spiro atoms. The largest absolute Gasteiger partial charge is 0.382 e. The number of halogens is 1. The predicted octanol–water partition coefficient (Wildman–Crippen LogP) is 2.62. The molecule has 0 radical (unpaired) electrons. The van der Waals surface area contributed by atoms with Crippen molar-refractivity contribution in [2.75, 3.05) is 25.5 Å². The van der Waals surface area contributed by atoms with Gasteiger partial charge in [-0.3, -0.25) is 0 Å². The molecule has 3 unspecified atom stereocenters. The summed E-state index contributed by atoms with van der Waals surface area (Å²) in [5.41, 5.74) is 2.59. The Labute approximate surface area is 113 Å². The Hall–Kier alpha value is -1.13. The molecule has 4 heteroatoms. The van der Waals surface area contributed by atoms with Crippen LogP contribution in [0.15, 0.2) is 12.1 Å². The summed E-state index contributed by atoms with van der Waals surface area (Å²) in [5, 5.41) is 6.40. The molecule has 2 heterocycles. The van der Waals surface area contributed by atoms with Gasteiger partial charge in [0.25, 0.3) is 0 Å². The van der Waals surface area contributed by atoms with E-state index in [1.54, 1.807) is 6.07 Å². The Bertz CT molecular complexity index is 477. The van der Waals surface area contributed by atoms with E-state index in [-0.39, 0.29) is 18.0 Å². The molecular formula is C15H21FN2O. The first-order chi connectivity index (χ1) is 9.19. The molecule has 3 atom stereocenters. The molecule has 0 saturated carbocycles. The maximum Gasteiger partial charge on any atom is 0.146 e. The van der Waals surface area contributed by atoms with Gasteiger partial charge in [-0.05, 0) is 38.4 Å². The van der Waals surface area contributed by atoms with E-state index in [9.17, 15) is 4.39 Å². The first-order valence-electron chi connectivity index (χ1n) is 7.03. The Morgan fingerprint density at radius 3 is 3.05 bits per heavy atom. The van der Waals surface area contributed by atoms with Crippen molar-refractivity contribution in [1.29, 1.82) is 0 Å². The van der Waals surface area contributed by atoms with Crippen LogP contribution in [0.5, 0.6) is 0 Å². The molecule has 0 bridgehead atoms. The quantitative estimate of drug-likeness (QED) is 0.861. The molecule has 1 fully saturated rings. The van der Waals surface area contributed by atoms with Gasteiger partial charge in [0.2, 0.25) is 0 Å². The highest BCUT2D eigenvalue weighted by Crippen LogP contribution is 2.43. The van der Waals surface area contributed by atoms with E-state index in [2.05, 4.69) is 16.7 Å². The van der Waals surface area contributed by atoms with Gasteiger partial charge in [-0.25, -0.2) is 4.39 Å². The average Bonchev–Trinajstić information content (AvgIpc) is 2.39. The summed E-state index contributed by atoms with van der Waals surface area (Å²) in [4.78, 5) is 0. The number of hydrogen-bond donors (Lipinski definition) is 2. The zero-order valence-corrected chi connectivity index (χ0v) is 11.5. The number of likely N-dealkylation sites (N-methyl/N-ethyl adjacent to an activating group) is 1. The zero-order valence-electron chi connectivity index (χ0n) is 11.5. The van der Waals surface area contributed by atoms with Gasteiger partial charge >= 0.3 is 0 Å². The fourth-order valence-electron chi connectivity index (χ4n) is 3.27. The second kappa shape index (κ2) is 5.10. The number of fused-ring (bicyclic) bond motifs is 3. The predicted molar refractivity (Wildman–Crippen MR) is 73.9 cm³/mol. The smallest absolute Gasteiger partial charge is 0.146 e. The Balaban J connectivity index is 1.92. The van der Waals surface area contributed by atoms with Gasteiger partial charge in [-0.2, -0.15) is 0 Å². The Morgan fingerprint density at radius 1 is 1.42 bits per heavy atom. The summed E-state index contributed by atoms with van der Waals surface area (Å²) in [6.45, 7) is 3.60. The van der Waals surface area contributed by atoms with Crippen LogP contribution in [0.1, 0.15) is 30.1 Å². The maximum atomic E-state index is 14.0. The summed E-state index contributed by atoms with van der Waals surface area (Å²) in [6.07, 6.45) is 2.49. The SMILES string of the molecule is CNCC1CCC2CNc3c(F)cc(C)cc3C2O1. The third kappa shape index (κ3) is 2.35. The van der Waals surface area contributed by atoms with Crippen LogP contribution in [0.25, 0.3) is 0 Å². The van der Waals surface area contributed by atoms with Crippen LogP contribution in [0.3, 0.4) is 0 Å². The van der Waals surface area contributed by atoms with Crippen molar-refractivity contribution in [3.05, 3.63) is 29.1 Å². The van der Waals surface area contributed by atoms with E-state index in [0.717, 1.165) is 37.1 Å². The van der Waals surface area contributed by atoms with Crippen molar-refractivity contribution in [3.8, 4) is 0 Å². The number of ether oxygens (including phenoxy) is 1. The highest BCUT2D eigenvalue weighted by molar-refractivity contribution is 5.57. The molecule has 1 saturated heterocycles. The topological polar surface area (TPSA) is 33.3 Å². The lowest BCUT2D eigenvalue weighted by Gasteiger charge is -2.41. The average molecular weight is 264 g/mol. The minimum absolute atomic E-state index is 0.0396. The van der Waals surface area contributed by atoms with Crippen LogP contribution in [-0.2, 0) is 4.74 Å². The van der Waals surface area contributed by atoms with Gasteiger partial charge in [-0.1, -0.05) is 6.07 Å². The molecule has 0 amide bonds. The summed E-state index contributed by atoms with van der Waals surface area (Å²) < 4.78 is 20.2. The van der Waals surface area contributed by atoms with Gasteiger partial charge in [0, 0.05) is 24.6 Å². The molecule has 0 aromatic heterocycles. The van der Waals surface area contributed by atoms with E-state index in [1.807, 2.05) is 14.0 Å². The lowest BCUT2D eigenvalue weighted by Crippen LogP contribution is -2.40. The molecule has 19 heavy (non-hydrogen) atoms. The Morgan fingerprint density at radius 2 is 2.26 bits per heavy atom. The van der Waals surface area contributed by atoms with Crippen molar-refractivity contribution in [1.82, 2.24) is 5.32 Å². The molecule has 2 N–H and O–H groups in total. The first kappa shape index (κ1) is 12.9. The van der Waals surface area contributed by atoms with Crippen molar-refractivity contribution in [2.24, 2.45) is 5.92 Å². The molecular weight excluding hydrogens is 243 g/mol. The van der Waals surface area contributed by atoms with E-state index in [1.165, 1.54) is 0 Å². The molecule has 104 valence electrons. The molecule has 2 aliphatic heterocycles. The van der Waals surface area contributed by atoms with Gasteiger partial charge in [-0.15, -0.1) is 0 Å². The van der Waals surface area contributed by atoms with Crippen LogP contribution >= 0.6 is 0 Å². The zero-order chi connectivity index (χ0) is 13.4. The van der Waals surface area contributed by atoms with Crippen LogP contribution < -0.4 is 10.6 Å². The van der Waals surface area contributed by atoms with Gasteiger partial charge in [0.05, 0.1) is 17.9 Å². The van der Waals surface area contributed by atoms with E-state index in [0.29, 0.717) is 11.6 Å². The minimum atomic E-state index is -0.159. The van der Waals surface area contributed by atoms with Gasteiger partial charge in [0.1, 0.15) is 5.82 Å². The van der Waals surface area contributed by atoms with Crippen LogP contribution in [0, 0.1) is 18.7 Å². The second-order valence-corrected chi connectivity index (χ2v) is 5.67. The minimum Gasteiger partial charge on any atom is -0.382 e. The number of hydrogen-bond acceptors (Lipinski definition) is 3. The summed E-state index contributed by atoms with van der Waals surface area (Å²) >= 11 is 0. The lowest BCUT2D eigenvalue weighted by molar-refractivity contribution is -0.0821. The number of anilines is 1. The molecule has 1 aromatic carbocycles. The van der Waals surface area contributed by atoms with Crippen LogP contribution in [0.2, 0.25) is 0 Å². The van der Waals surface area contributed by atoms with Gasteiger partial charge in [0.15, 0.2) is 0 Å².